The highest BCUT2D eigenvalue weighted by molar-refractivity contribution is 9.10. The fourth-order valence-corrected chi connectivity index (χ4v) is 4.13. The molecule has 1 heterocycles. The monoisotopic (exact) mass is 450 g/mol. The molecule has 2 aliphatic rings. The van der Waals surface area contributed by atoms with Gasteiger partial charge in [0.15, 0.2) is 0 Å². The predicted molar refractivity (Wildman–Crippen MR) is 109 cm³/mol. The van der Waals surface area contributed by atoms with Crippen LogP contribution >= 0.6 is 15.9 Å². The Morgan fingerprint density at radius 1 is 1.25 bits per heavy atom. The summed E-state index contributed by atoms with van der Waals surface area (Å²) in [6.45, 7) is 3.19. The van der Waals surface area contributed by atoms with Gasteiger partial charge in [0.2, 0.25) is 11.8 Å². The molecule has 1 saturated carbocycles. The van der Waals surface area contributed by atoms with E-state index >= 15 is 0 Å². The first-order valence-electron chi connectivity index (χ1n) is 9.85. The van der Waals surface area contributed by atoms with E-state index in [1.54, 1.807) is 18.9 Å². The highest BCUT2D eigenvalue weighted by Crippen LogP contribution is 2.48. The summed E-state index contributed by atoms with van der Waals surface area (Å²) in [7, 11) is 1.68. The Kier molecular flexibility index (Phi) is 6.75. The minimum atomic E-state index is -0.260. The highest BCUT2D eigenvalue weighted by atomic mass is 79.9. The number of ether oxygens (including phenoxy) is 1. The van der Waals surface area contributed by atoms with Crippen molar-refractivity contribution < 1.29 is 19.1 Å². The molecule has 2 fully saturated rings. The van der Waals surface area contributed by atoms with Crippen molar-refractivity contribution >= 4 is 33.7 Å². The standard InChI is InChI=1S/C21H27BrN2O4/c1-3-28-21(27)15-5-4-10-24(12-15)19(25)13-23(2)20(26)18-11-17(18)14-6-8-16(22)9-7-14/h6-9,15,17-18H,3-5,10-13H2,1-2H3. The Morgan fingerprint density at radius 3 is 2.64 bits per heavy atom. The minimum absolute atomic E-state index is 0.0141. The van der Waals surface area contributed by atoms with Crippen molar-refractivity contribution in [2.75, 3.05) is 33.3 Å². The lowest BCUT2D eigenvalue weighted by Gasteiger charge is -2.32. The maximum absolute atomic E-state index is 12.7. The number of hydrogen-bond acceptors (Lipinski definition) is 4. The number of likely N-dealkylation sites (N-methyl/N-ethyl adjacent to an activating group) is 1. The largest absolute Gasteiger partial charge is 0.466 e. The number of rotatable bonds is 6. The van der Waals surface area contributed by atoms with Crippen LogP contribution in [0.3, 0.4) is 0 Å². The minimum Gasteiger partial charge on any atom is -0.466 e. The van der Waals surface area contributed by atoms with Gasteiger partial charge in [-0.2, -0.15) is 0 Å². The summed E-state index contributed by atoms with van der Waals surface area (Å²) in [6.07, 6.45) is 2.35. The topological polar surface area (TPSA) is 66.9 Å². The Labute approximate surface area is 174 Å². The van der Waals surface area contributed by atoms with E-state index in [2.05, 4.69) is 15.9 Å². The molecule has 0 radical (unpaired) electrons. The Morgan fingerprint density at radius 2 is 1.96 bits per heavy atom. The van der Waals surface area contributed by atoms with Gasteiger partial charge in [-0.05, 0) is 49.8 Å². The summed E-state index contributed by atoms with van der Waals surface area (Å²) < 4.78 is 6.10. The van der Waals surface area contributed by atoms with Gasteiger partial charge >= 0.3 is 5.97 Å². The van der Waals surface area contributed by atoms with E-state index in [-0.39, 0.29) is 42.1 Å². The molecule has 152 valence electrons. The molecule has 1 saturated heterocycles. The number of piperidine rings is 1. The fourth-order valence-electron chi connectivity index (χ4n) is 3.87. The first kappa shape index (κ1) is 20.8. The lowest BCUT2D eigenvalue weighted by atomic mass is 9.98. The second-order valence-corrected chi connectivity index (χ2v) is 8.54. The van der Waals surface area contributed by atoms with Crippen LogP contribution in [0.25, 0.3) is 0 Å². The summed E-state index contributed by atoms with van der Waals surface area (Å²) in [4.78, 5) is 40.5. The van der Waals surface area contributed by atoms with Crippen LogP contribution < -0.4 is 0 Å². The molecule has 6 nitrogen and oxygen atoms in total. The quantitative estimate of drug-likeness (QED) is 0.624. The molecule has 3 atom stereocenters. The number of hydrogen-bond donors (Lipinski definition) is 0. The van der Waals surface area contributed by atoms with Crippen molar-refractivity contribution in [3.8, 4) is 0 Å². The van der Waals surface area contributed by atoms with E-state index in [1.165, 1.54) is 4.90 Å². The van der Waals surface area contributed by atoms with Crippen LogP contribution in [0, 0.1) is 11.8 Å². The second-order valence-electron chi connectivity index (χ2n) is 7.63. The third-order valence-electron chi connectivity index (χ3n) is 5.55. The number of amides is 2. The van der Waals surface area contributed by atoms with E-state index in [0.29, 0.717) is 19.7 Å². The molecule has 2 amide bonds. The zero-order chi connectivity index (χ0) is 20.3. The molecule has 7 heteroatoms. The molecule has 1 aromatic rings. The SMILES string of the molecule is CCOC(=O)C1CCCN(C(=O)CN(C)C(=O)C2CC2c2ccc(Br)cc2)C1. The molecule has 1 aliphatic carbocycles. The summed E-state index contributed by atoms with van der Waals surface area (Å²) >= 11 is 3.42. The fraction of sp³-hybridized carbons (Fsp3) is 0.571. The van der Waals surface area contributed by atoms with Crippen molar-refractivity contribution in [3.05, 3.63) is 34.3 Å². The van der Waals surface area contributed by atoms with Crippen molar-refractivity contribution in [2.45, 2.75) is 32.1 Å². The summed E-state index contributed by atoms with van der Waals surface area (Å²) in [5.41, 5.74) is 1.16. The summed E-state index contributed by atoms with van der Waals surface area (Å²) in [5.74, 6) is -0.400. The third kappa shape index (κ3) is 4.93. The maximum Gasteiger partial charge on any atom is 0.310 e. The number of benzene rings is 1. The van der Waals surface area contributed by atoms with E-state index in [4.69, 9.17) is 4.74 Å². The molecule has 0 bridgehead atoms. The average Bonchev–Trinajstić information content (AvgIpc) is 3.49. The van der Waals surface area contributed by atoms with Gasteiger partial charge in [-0.25, -0.2) is 0 Å². The van der Waals surface area contributed by atoms with Gasteiger partial charge in [0.05, 0.1) is 19.1 Å². The molecule has 3 rings (SSSR count). The molecule has 0 N–H and O–H groups in total. The first-order chi connectivity index (χ1) is 13.4. The molecule has 0 spiro atoms. The van der Waals surface area contributed by atoms with E-state index < -0.39 is 0 Å². The summed E-state index contributed by atoms with van der Waals surface area (Å²) in [5, 5.41) is 0. The van der Waals surface area contributed by atoms with Crippen LogP contribution in [-0.2, 0) is 19.1 Å². The van der Waals surface area contributed by atoms with Crippen LogP contribution in [0.1, 0.15) is 37.7 Å². The Hall–Kier alpha value is -1.89. The number of esters is 1. The Balaban J connectivity index is 1.50. The normalized spacial score (nSPS) is 23.8. The Bertz CT molecular complexity index is 736. The third-order valence-corrected chi connectivity index (χ3v) is 6.08. The van der Waals surface area contributed by atoms with Crippen molar-refractivity contribution in [2.24, 2.45) is 11.8 Å². The molecular formula is C21H27BrN2O4. The highest BCUT2D eigenvalue weighted by Gasteiger charge is 2.45. The number of nitrogens with zero attached hydrogens (tertiary/aromatic N) is 2. The van der Waals surface area contributed by atoms with Crippen LogP contribution in [0.15, 0.2) is 28.7 Å². The first-order valence-corrected chi connectivity index (χ1v) is 10.6. The molecule has 3 unspecified atom stereocenters. The molecule has 1 aromatic carbocycles. The van der Waals surface area contributed by atoms with Crippen LogP contribution in [0.4, 0.5) is 0 Å². The van der Waals surface area contributed by atoms with E-state index in [1.807, 2.05) is 24.3 Å². The van der Waals surface area contributed by atoms with Gasteiger partial charge in [-0.15, -0.1) is 0 Å². The van der Waals surface area contributed by atoms with Crippen molar-refractivity contribution in [1.82, 2.24) is 9.80 Å². The zero-order valence-corrected chi connectivity index (χ0v) is 18.0. The molecule has 1 aliphatic heterocycles. The average molecular weight is 451 g/mol. The van der Waals surface area contributed by atoms with E-state index in [9.17, 15) is 14.4 Å². The van der Waals surface area contributed by atoms with Gasteiger partial charge in [-0.3, -0.25) is 14.4 Å². The number of carbonyl (C=O) groups excluding carboxylic acids is 3. The zero-order valence-electron chi connectivity index (χ0n) is 16.4. The van der Waals surface area contributed by atoms with Gasteiger partial charge in [0.25, 0.3) is 0 Å². The van der Waals surface area contributed by atoms with Crippen LogP contribution in [0.2, 0.25) is 0 Å². The number of halogens is 1. The summed E-state index contributed by atoms with van der Waals surface area (Å²) in [6, 6.07) is 8.05. The van der Waals surface area contributed by atoms with Crippen molar-refractivity contribution in [1.29, 1.82) is 0 Å². The molecule has 0 aromatic heterocycles. The van der Waals surface area contributed by atoms with Gasteiger partial charge in [0.1, 0.15) is 0 Å². The molecule has 28 heavy (non-hydrogen) atoms. The van der Waals surface area contributed by atoms with Gasteiger partial charge < -0.3 is 14.5 Å². The molecular weight excluding hydrogens is 424 g/mol. The van der Waals surface area contributed by atoms with Crippen LogP contribution in [0.5, 0.6) is 0 Å². The second kappa shape index (κ2) is 9.07. The van der Waals surface area contributed by atoms with Gasteiger partial charge in [-0.1, -0.05) is 28.1 Å². The van der Waals surface area contributed by atoms with E-state index in [0.717, 1.165) is 29.3 Å². The number of likely N-dealkylation sites (tertiary alicyclic amines) is 1. The van der Waals surface area contributed by atoms with Crippen molar-refractivity contribution in [3.63, 3.8) is 0 Å². The predicted octanol–water partition coefficient (Wildman–Crippen LogP) is 2.81. The lowest BCUT2D eigenvalue weighted by molar-refractivity contribution is -0.152. The van der Waals surface area contributed by atoms with Gasteiger partial charge in [0, 0.05) is 30.5 Å². The maximum atomic E-state index is 12.7. The lowest BCUT2D eigenvalue weighted by Crippen LogP contribution is -2.47. The smallest absolute Gasteiger partial charge is 0.310 e. The van der Waals surface area contributed by atoms with Crippen LogP contribution in [-0.4, -0.2) is 60.9 Å². The number of carbonyl (C=O) groups is 3.